The first kappa shape index (κ1) is 16.7. The van der Waals surface area contributed by atoms with Gasteiger partial charge in [-0.05, 0) is 38.0 Å². The normalized spacial score (nSPS) is 23.5. The van der Waals surface area contributed by atoms with Gasteiger partial charge in [0.2, 0.25) is 11.8 Å². The molecule has 0 radical (unpaired) electrons. The average Bonchev–Trinajstić information content (AvgIpc) is 2.96. The number of carbonyl (C=O) groups is 1. The molecule has 24 heavy (non-hydrogen) atoms. The van der Waals surface area contributed by atoms with E-state index in [1.165, 1.54) is 10.1 Å². The number of nitrogens with zero attached hydrogens (tertiary/aromatic N) is 1. The highest BCUT2D eigenvalue weighted by Crippen LogP contribution is 2.59. The molecular weight excluding hydrogens is 306 g/mol. The maximum absolute atomic E-state index is 12.4. The summed E-state index contributed by atoms with van der Waals surface area (Å²) in [6, 6.07) is 0. The highest BCUT2D eigenvalue weighted by Gasteiger charge is 2.61. The lowest BCUT2D eigenvalue weighted by Gasteiger charge is -2.09. The van der Waals surface area contributed by atoms with Gasteiger partial charge in [-0.2, -0.15) is 0 Å². The predicted molar refractivity (Wildman–Crippen MR) is 91.4 cm³/mol. The smallest absolute Gasteiger partial charge is 0.311 e. The fourth-order valence-corrected chi connectivity index (χ4v) is 3.65. The summed E-state index contributed by atoms with van der Waals surface area (Å²) in [7, 11) is 0. The summed E-state index contributed by atoms with van der Waals surface area (Å²) in [6.07, 6.45) is 7.35. The van der Waals surface area contributed by atoms with Gasteiger partial charge in [0.1, 0.15) is 0 Å². The summed E-state index contributed by atoms with van der Waals surface area (Å²) >= 11 is 0. The molecule has 130 valence electrons. The van der Waals surface area contributed by atoms with Crippen LogP contribution in [-0.4, -0.2) is 20.7 Å². The Labute approximate surface area is 142 Å². The van der Waals surface area contributed by atoms with E-state index in [0.717, 1.165) is 6.42 Å². The Balaban J connectivity index is 1.71. The molecule has 1 saturated carbocycles. The van der Waals surface area contributed by atoms with Gasteiger partial charge in [0, 0.05) is 11.1 Å². The Morgan fingerprint density at radius 1 is 1.38 bits per heavy atom. The van der Waals surface area contributed by atoms with E-state index < -0.39 is 0 Å². The lowest BCUT2D eigenvalue weighted by Crippen LogP contribution is -2.13. The molecule has 5 nitrogen and oxygen atoms in total. The summed E-state index contributed by atoms with van der Waals surface area (Å²) in [5.74, 6) is -0.360. The second-order valence-corrected chi connectivity index (χ2v) is 7.57. The van der Waals surface area contributed by atoms with E-state index in [2.05, 4.69) is 19.9 Å². The van der Waals surface area contributed by atoms with Crippen LogP contribution in [0.5, 0.6) is 11.8 Å². The molecule has 0 bridgehead atoms. The third-order valence-electron chi connectivity index (χ3n) is 5.21. The van der Waals surface area contributed by atoms with Crippen LogP contribution in [0.25, 0.3) is 6.08 Å². The zero-order valence-electron chi connectivity index (χ0n) is 14.7. The minimum Gasteiger partial charge on any atom is -0.494 e. The van der Waals surface area contributed by atoms with Crippen molar-refractivity contribution in [1.82, 2.24) is 4.57 Å². The molecule has 1 aromatic rings. The van der Waals surface area contributed by atoms with E-state index in [1.54, 1.807) is 6.08 Å². The summed E-state index contributed by atoms with van der Waals surface area (Å²) in [6.45, 7) is 7.97. The Hall–Kier alpha value is -2.17. The second-order valence-electron chi connectivity index (χ2n) is 7.57. The number of aromatic nitrogens is 1. The maximum atomic E-state index is 12.4. The average molecular weight is 331 g/mol. The van der Waals surface area contributed by atoms with Crippen LogP contribution in [0.15, 0.2) is 17.7 Å². The Bertz CT molecular complexity index is 735. The molecule has 3 rings (SSSR count). The topological polar surface area (TPSA) is 71.7 Å². The Morgan fingerprint density at radius 3 is 2.71 bits per heavy atom. The van der Waals surface area contributed by atoms with Crippen molar-refractivity contribution in [2.45, 2.75) is 47.3 Å². The van der Waals surface area contributed by atoms with Gasteiger partial charge in [0.05, 0.1) is 5.92 Å². The number of hydrogen-bond donors (Lipinski definition) is 2. The number of rotatable bonds is 4. The van der Waals surface area contributed by atoms with Crippen molar-refractivity contribution in [3.63, 3.8) is 0 Å². The Kier molecular flexibility index (Phi) is 3.98. The summed E-state index contributed by atoms with van der Waals surface area (Å²) < 4.78 is 6.64. The SMILES string of the molecule is CC(C)=CC1C(C(=O)OCn2c(O)c3c(c2O)CCC=C3)C1(C)C. The number of allylic oxidation sites excluding steroid dienone is 3. The number of carbonyl (C=O) groups excluding carboxylic acids is 1. The minimum atomic E-state index is -0.288. The first-order valence-corrected chi connectivity index (χ1v) is 8.36. The van der Waals surface area contributed by atoms with Crippen LogP contribution >= 0.6 is 0 Å². The van der Waals surface area contributed by atoms with E-state index in [4.69, 9.17) is 4.74 Å². The van der Waals surface area contributed by atoms with Crippen molar-refractivity contribution >= 4 is 12.0 Å². The van der Waals surface area contributed by atoms with Gasteiger partial charge >= 0.3 is 5.97 Å². The third-order valence-corrected chi connectivity index (χ3v) is 5.21. The molecule has 0 aliphatic heterocycles. The highest BCUT2D eigenvalue weighted by molar-refractivity contribution is 5.78. The van der Waals surface area contributed by atoms with E-state index in [1.807, 2.05) is 19.9 Å². The van der Waals surface area contributed by atoms with Crippen LogP contribution in [0.1, 0.15) is 45.2 Å². The number of aromatic hydroxyl groups is 2. The van der Waals surface area contributed by atoms with Gasteiger partial charge in [-0.3, -0.25) is 4.79 Å². The second kappa shape index (κ2) is 5.72. The first-order valence-electron chi connectivity index (χ1n) is 8.36. The van der Waals surface area contributed by atoms with Crippen molar-refractivity contribution in [3.8, 4) is 11.8 Å². The van der Waals surface area contributed by atoms with Crippen molar-refractivity contribution in [2.24, 2.45) is 17.3 Å². The number of hydrogen-bond acceptors (Lipinski definition) is 4. The summed E-state index contributed by atoms with van der Waals surface area (Å²) in [5.41, 5.74) is 2.39. The lowest BCUT2D eigenvalue weighted by atomic mass is 10.0. The van der Waals surface area contributed by atoms with Gasteiger partial charge in [-0.25, -0.2) is 4.57 Å². The van der Waals surface area contributed by atoms with E-state index in [9.17, 15) is 15.0 Å². The zero-order chi connectivity index (χ0) is 17.6. The molecule has 1 fully saturated rings. The summed E-state index contributed by atoms with van der Waals surface area (Å²) in [4.78, 5) is 12.4. The molecule has 0 amide bonds. The van der Waals surface area contributed by atoms with Crippen molar-refractivity contribution in [2.75, 3.05) is 0 Å². The molecule has 0 spiro atoms. The van der Waals surface area contributed by atoms with E-state index in [-0.39, 0.29) is 41.7 Å². The molecule has 2 unspecified atom stereocenters. The molecule has 0 saturated heterocycles. The van der Waals surface area contributed by atoms with Gasteiger partial charge in [-0.1, -0.05) is 37.6 Å². The van der Waals surface area contributed by atoms with Crippen LogP contribution in [-0.2, 0) is 22.7 Å². The van der Waals surface area contributed by atoms with Crippen LogP contribution in [0.2, 0.25) is 0 Å². The molecule has 2 aliphatic carbocycles. The van der Waals surface area contributed by atoms with Crippen molar-refractivity contribution < 1.29 is 19.7 Å². The van der Waals surface area contributed by atoms with Crippen LogP contribution in [0.4, 0.5) is 0 Å². The quantitative estimate of drug-likeness (QED) is 0.653. The van der Waals surface area contributed by atoms with Gasteiger partial charge in [0.15, 0.2) is 6.73 Å². The molecule has 1 aromatic heterocycles. The molecular formula is C19H25NO4. The first-order chi connectivity index (χ1) is 11.2. The molecule has 2 N–H and O–H groups in total. The minimum absolute atomic E-state index is 0.0180. The van der Waals surface area contributed by atoms with Crippen LogP contribution in [0, 0.1) is 17.3 Å². The standard InChI is InChI=1S/C19H25NO4/c1-11(2)9-14-15(19(14,3)4)18(23)24-10-20-16(21)12-7-5-6-8-13(12)17(20)22/h5,7,9,14-15,21-22H,6,8,10H2,1-4H3. The van der Waals surface area contributed by atoms with Crippen LogP contribution in [0.3, 0.4) is 0 Å². The fraction of sp³-hybridized carbons (Fsp3) is 0.526. The Morgan fingerprint density at radius 2 is 2.08 bits per heavy atom. The highest BCUT2D eigenvalue weighted by atomic mass is 16.5. The van der Waals surface area contributed by atoms with Crippen molar-refractivity contribution in [3.05, 3.63) is 28.9 Å². The number of ether oxygens (including phenoxy) is 1. The van der Waals surface area contributed by atoms with Crippen LogP contribution < -0.4 is 0 Å². The lowest BCUT2D eigenvalue weighted by molar-refractivity contribution is -0.150. The largest absolute Gasteiger partial charge is 0.494 e. The molecule has 0 aromatic carbocycles. The fourth-order valence-electron chi connectivity index (χ4n) is 3.65. The predicted octanol–water partition coefficient (Wildman–Crippen LogP) is 3.60. The molecule has 2 atom stereocenters. The monoisotopic (exact) mass is 331 g/mol. The summed E-state index contributed by atoms with van der Waals surface area (Å²) in [5, 5.41) is 20.5. The molecule has 5 heteroatoms. The van der Waals surface area contributed by atoms with E-state index in [0.29, 0.717) is 17.5 Å². The van der Waals surface area contributed by atoms with Gasteiger partial charge in [-0.15, -0.1) is 0 Å². The van der Waals surface area contributed by atoms with Gasteiger partial charge in [0.25, 0.3) is 0 Å². The third kappa shape index (κ3) is 2.62. The number of esters is 1. The maximum Gasteiger partial charge on any atom is 0.311 e. The van der Waals surface area contributed by atoms with Crippen molar-refractivity contribution in [1.29, 1.82) is 0 Å². The van der Waals surface area contributed by atoms with Gasteiger partial charge < -0.3 is 14.9 Å². The zero-order valence-corrected chi connectivity index (χ0v) is 14.7. The number of fused-ring (bicyclic) bond motifs is 1. The van der Waals surface area contributed by atoms with E-state index >= 15 is 0 Å². The molecule has 2 aliphatic rings. The molecule has 1 heterocycles.